The number of rotatable bonds is 6. The van der Waals surface area contributed by atoms with Crippen molar-refractivity contribution >= 4 is 46.4 Å². The highest BCUT2D eigenvalue weighted by Crippen LogP contribution is 2.35. The Hall–Kier alpha value is -2.74. The topological polar surface area (TPSA) is 86.0 Å². The Balaban J connectivity index is 0.00000240. The smallest absolute Gasteiger partial charge is 0.261 e. The number of pyridine rings is 2. The summed E-state index contributed by atoms with van der Waals surface area (Å²) in [6.07, 6.45) is 2.26. The number of benzene rings is 1. The molecule has 0 atom stereocenters. The van der Waals surface area contributed by atoms with E-state index in [-0.39, 0.29) is 12.4 Å². The lowest BCUT2D eigenvalue weighted by Gasteiger charge is -2.13. The molecule has 0 saturated carbocycles. The van der Waals surface area contributed by atoms with Crippen molar-refractivity contribution in [2.75, 3.05) is 19.0 Å². The zero-order chi connectivity index (χ0) is 19.5. The molecule has 0 fully saturated rings. The predicted molar refractivity (Wildman–Crippen MR) is 115 cm³/mol. The van der Waals surface area contributed by atoms with Crippen LogP contribution in [0.1, 0.15) is 11.5 Å². The zero-order valence-electron chi connectivity index (χ0n) is 15.8. The summed E-state index contributed by atoms with van der Waals surface area (Å²) in [5, 5.41) is 8.92. The van der Waals surface area contributed by atoms with E-state index in [9.17, 15) is 0 Å². The van der Waals surface area contributed by atoms with Gasteiger partial charge in [-0.15, -0.1) is 12.4 Å². The molecule has 9 heteroatoms. The third kappa shape index (κ3) is 4.64. The number of hydrogen-bond donors (Lipinski definition) is 1. The van der Waals surface area contributed by atoms with Crippen LogP contribution in [0.2, 0.25) is 5.02 Å². The average molecular weight is 432 g/mol. The van der Waals surface area contributed by atoms with Crippen LogP contribution in [0.5, 0.6) is 0 Å². The van der Waals surface area contributed by atoms with E-state index in [0.717, 1.165) is 22.5 Å². The molecule has 0 aliphatic heterocycles. The van der Waals surface area contributed by atoms with Crippen LogP contribution in [-0.2, 0) is 11.2 Å². The Morgan fingerprint density at radius 2 is 2.03 bits per heavy atom. The summed E-state index contributed by atoms with van der Waals surface area (Å²) in [7, 11) is 1.64. The van der Waals surface area contributed by atoms with Gasteiger partial charge in [0.2, 0.25) is 0 Å². The summed E-state index contributed by atoms with van der Waals surface area (Å²) in [5.74, 6) is 0.957. The van der Waals surface area contributed by atoms with E-state index in [1.54, 1.807) is 13.3 Å². The number of aromatic nitrogens is 4. The van der Waals surface area contributed by atoms with Gasteiger partial charge in [-0.1, -0.05) is 22.8 Å². The van der Waals surface area contributed by atoms with Crippen LogP contribution in [0.25, 0.3) is 22.5 Å². The number of methoxy groups -OCH3 is 1. The number of ether oxygens (including phenoxy) is 1. The van der Waals surface area contributed by atoms with Gasteiger partial charge in [-0.3, -0.25) is 0 Å². The molecule has 4 aromatic rings. The average Bonchev–Trinajstić information content (AvgIpc) is 3.15. The minimum Gasteiger partial charge on any atom is -0.384 e. The fourth-order valence-corrected chi connectivity index (χ4v) is 3.03. The van der Waals surface area contributed by atoms with Gasteiger partial charge in [0.15, 0.2) is 11.5 Å². The molecule has 3 aromatic heterocycles. The maximum absolute atomic E-state index is 6.14. The first-order valence-electron chi connectivity index (χ1n) is 8.75. The molecule has 3 heterocycles. The van der Waals surface area contributed by atoms with Gasteiger partial charge in [0, 0.05) is 41.5 Å². The first-order valence-corrected chi connectivity index (χ1v) is 9.12. The molecule has 0 unspecified atom stereocenters. The van der Waals surface area contributed by atoms with Gasteiger partial charge >= 0.3 is 0 Å². The summed E-state index contributed by atoms with van der Waals surface area (Å²) in [4.78, 5) is 13.5. The molecule has 1 aromatic carbocycles. The molecule has 150 valence electrons. The number of anilines is 2. The molecular formula is C20H19Cl2N5O2. The van der Waals surface area contributed by atoms with E-state index in [2.05, 4.69) is 25.4 Å². The van der Waals surface area contributed by atoms with E-state index in [0.29, 0.717) is 41.0 Å². The van der Waals surface area contributed by atoms with Crippen molar-refractivity contribution in [3.8, 4) is 11.5 Å². The van der Waals surface area contributed by atoms with Crippen molar-refractivity contribution in [2.45, 2.75) is 13.3 Å². The van der Waals surface area contributed by atoms with E-state index < -0.39 is 0 Å². The molecule has 0 saturated heterocycles. The van der Waals surface area contributed by atoms with Crippen molar-refractivity contribution in [1.82, 2.24) is 20.1 Å². The number of aryl methyl sites for hydroxylation is 1. The van der Waals surface area contributed by atoms with E-state index in [1.807, 2.05) is 43.3 Å². The van der Waals surface area contributed by atoms with Crippen LogP contribution in [0, 0.1) is 6.92 Å². The SMILES string of the molecule is COCCc1noc(-c2cnc3nc(C)ccc3c2Nc2cccc(Cl)c2)n1.Cl. The van der Waals surface area contributed by atoms with Crippen molar-refractivity contribution in [3.63, 3.8) is 0 Å². The van der Waals surface area contributed by atoms with Gasteiger partial charge in [0.1, 0.15) is 0 Å². The summed E-state index contributed by atoms with van der Waals surface area (Å²) < 4.78 is 10.6. The van der Waals surface area contributed by atoms with E-state index in [1.165, 1.54) is 0 Å². The summed E-state index contributed by atoms with van der Waals surface area (Å²) in [6.45, 7) is 2.45. The zero-order valence-corrected chi connectivity index (χ0v) is 17.4. The summed E-state index contributed by atoms with van der Waals surface area (Å²) >= 11 is 6.14. The van der Waals surface area contributed by atoms with Gasteiger partial charge in [-0.25, -0.2) is 9.97 Å². The molecule has 29 heavy (non-hydrogen) atoms. The minimum atomic E-state index is 0. The van der Waals surface area contributed by atoms with Crippen molar-refractivity contribution in [1.29, 1.82) is 0 Å². The second-order valence-electron chi connectivity index (χ2n) is 6.26. The molecule has 0 aliphatic carbocycles. The first-order chi connectivity index (χ1) is 13.6. The molecular weight excluding hydrogens is 413 g/mol. The lowest BCUT2D eigenvalue weighted by atomic mass is 10.1. The molecule has 4 rings (SSSR count). The second-order valence-corrected chi connectivity index (χ2v) is 6.70. The van der Waals surface area contributed by atoms with Crippen LogP contribution in [-0.4, -0.2) is 33.8 Å². The Labute approximate surface area is 178 Å². The first kappa shape index (κ1) is 21.0. The van der Waals surface area contributed by atoms with Gasteiger partial charge < -0.3 is 14.6 Å². The van der Waals surface area contributed by atoms with E-state index in [4.69, 9.17) is 20.9 Å². The van der Waals surface area contributed by atoms with Crippen LogP contribution in [0.15, 0.2) is 47.1 Å². The second kappa shape index (κ2) is 9.17. The Morgan fingerprint density at radius 3 is 2.83 bits per heavy atom. The van der Waals surface area contributed by atoms with Crippen LogP contribution < -0.4 is 5.32 Å². The monoisotopic (exact) mass is 431 g/mol. The minimum absolute atomic E-state index is 0. The molecule has 0 aliphatic rings. The van der Waals surface area contributed by atoms with Gasteiger partial charge in [0.25, 0.3) is 5.89 Å². The Morgan fingerprint density at radius 1 is 1.17 bits per heavy atom. The quantitative estimate of drug-likeness (QED) is 0.459. The lowest BCUT2D eigenvalue weighted by molar-refractivity contribution is 0.199. The van der Waals surface area contributed by atoms with Crippen molar-refractivity contribution in [3.05, 3.63) is 59.1 Å². The van der Waals surface area contributed by atoms with Crippen LogP contribution in [0.3, 0.4) is 0 Å². The fourth-order valence-electron chi connectivity index (χ4n) is 2.84. The third-order valence-electron chi connectivity index (χ3n) is 4.19. The largest absolute Gasteiger partial charge is 0.384 e. The number of nitrogens with zero attached hydrogens (tertiary/aromatic N) is 4. The number of hydrogen-bond acceptors (Lipinski definition) is 7. The highest BCUT2D eigenvalue weighted by atomic mass is 35.5. The maximum Gasteiger partial charge on any atom is 0.261 e. The Bertz CT molecular complexity index is 1130. The van der Waals surface area contributed by atoms with E-state index >= 15 is 0 Å². The standard InChI is InChI=1S/C20H18ClN5O2.ClH/c1-12-6-7-15-18(24-14-5-3-4-13(21)10-14)16(11-22-19(15)23-12)20-25-17(26-28-20)8-9-27-2;/h3-7,10-11H,8-9H2,1-2H3,(H,22,23,24);1H. The molecule has 0 amide bonds. The number of fused-ring (bicyclic) bond motifs is 1. The summed E-state index contributed by atoms with van der Waals surface area (Å²) in [6, 6.07) is 11.4. The predicted octanol–water partition coefficient (Wildman–Crippen LogP) is 5.00. The number of nitrogens with one attached hydrogen (secondary N) is 1. The van der Waals surface area contributed by atoms with Crippen LogP contribution >= 0.6 is 24.0 Å². The van der Waals surface area contributed by atoms with Gasteiger partial charge in [-0.05, 0) is 37.3 Å². The highest BCUT2D eigenvalue weighted by Gasteiger charge is 2.18. The molecule has 0 radical (unpaired) electrons. The highest BCUT2D eigenvalue weighted by molar-refractivity contribution is 6.30. The third-order valence-corrected chi connectivity index (χ3v) is 4.43. The molecule has 7 nitrogen and oxygen atoms in total. The van der Waals surface area contributed by atoms with Gasteiger partial charge in [-0.2, -0.15) is 4.98 Å². The maximum atomic E-state index is 6.14. The van der Waals surface area contributed by atoms with Crippen molar-refractivity contribution < 1.29 is 9.26 Å². The Kier molecular flexibility index (Phi) is 6.64. The lowest BCUT2D eigenvalue weighted by Crippen LogP contribution is -1.99. The van der Waals surface area contributed by atoms with Crippen LogP contribution in [0.4, 0.5) is 11.4 Å². The number of halogens is 2. The summed E-state index contributed by atoms with van der Waals surface area (Å²) in [5.41, 5.74) is 3.82. The normalized spacial score (nSPS) is 10.7. The fraction of sp³-hybridized carbons (Fsp3) is 0.200. The molecule has 1 N–H and O–H groups in total. The van der Waals surface area contributed by atoms with Crippen molar-refractivity contribution in [2.24, 2.45) is 0 Å². The molecule has 0 spiro atoms. The molecule has 0 bridgehead atoms. The van der Waals surface area contributed by atoms with Gasteiger partial charge in [0.05, 0.1) is 17.9 Å².